The second-order valence-electron chi connectivity index (χ2n) is 4.66. The van der Waals surface area contributed by atoms with Crippen molar-refractivity contribution >= 4 is 32.8 Å². The van der Waals surface area contributed by atoms with Gasteiger partial charge in [0.25, 0.3) is 0 Å². The van der Waals surface area contributed by atoms with Crippen molar-refractivity contribution < 1.29 is 8.42 Å². The summed E-state index contributed by atoms with van der Waals surface area (Å²) in [7, 11) is -3.33. The van der Waals surface area contributed by atoms with Crippen LogP contribution >= 0.6 is 11.6 Å². The average molecular weight is 289 g/mol. The Balaban J connectivity index is 2.42. The lowest BCUT2D eigenvalue weighted by Crippen LogP contribution is -2.30. The fourth-order valence-electron chi connectivity index (χ4n) is 2.25. The van der Waals surface area contributed by atoms with Crippen molar-refractivity contribution in [3.63, 3.8) is 0 Å². The van der Waals surface area contributed by atoms with E-state index in [-0.39, 0.29) is 9.92 Å². The summed E-state index contributed by atoms with van der Waals surface area (Å²) < 4.78 is 23.1. The van der Waals surface area contributed by atoms with Crippen molar-refractivity contribution in [3.05, 3.63) is 17.2 Å². The number of hydrogen-bond donors (Lipinski definition) is 1. The summed E-state index contributed by atoms with van der Waals surface area (Å²) in [4.78, 5) is 2.26. The molecule has 0 saturated carbocycles. The molecule has 1 aromatic carbocycles. The first-order chi connectivity index (χ1) is 8.39. The second kappa shape index (κ2) is 4.97. The lowest BCUT2D eigenvalue weighted by molar-refractivity contribution is 0.578. The van der Waals surface area contributed by atoms with Crippen molar-refractivity contribution in [2.45, 2.75) is 24.2 Å². The van der Waals surface area contributed by atoms with E-state index in [1.165, 1.54) is 12.5 Å². The van der Waals surface area contributed by atoms with Crippen LogP contribution in [0, 0.1) is 0 Å². The largest absolute Gasteiger partial charge is 0.397 e. The van der Waals surface area contributed by atoms with E-state index in [1.54, 1.807) is 6.07 Å². The molecule has 0 aromatic heterocycles. The predicted molar refractivity (Wildman–Crippen MR) is 75.0 cm³/mol. The van der Waals surface area contributed by atoms with Crippen molar-refractivity contribution in [1.82, 2.24) is 0 Å². The van der Waals surface area contributed by atoms with E-state index in [1.807, 2.05) is 0 Å². The first-order valence-corrected chi connectivity index (χ1v) is 8.20. The molecule has 1 aliphatic heterocycles. The Morgan fingerprint density at radius 2 is 1.83 bits per heavy atom. The van der Waals surface area contributed by atoms with E-state index in [0.717, 1.165) is 37.9 Å². The zero-order valence-corrected chi connectivity index (χ0v) is 11.9. The summed E-state index contributed by atoms with van der Waals surface area (Å²) in [5, 5.41) is 0.243. The molecule has 18 heavy (non-hydrogen) atoms. The summed E-state index contributed by atoms with van der Waals surface area (Å²) in [6, 6.07) is 3.13. The third-order valence-corrected chi connectivity index (χ3v) is 4.74. The molecule has 1 aliphatic rings. The van der Waals surface area contributed by atoms with Crippen LogP contribution < -0.4 is 10.6 Å². The molecular weight excluding hydrogens is 272 g/mol. The quantitative estimate of drug-likeness (QED) is 0.848. The van der Waals surface area contributed by atoms with Gasteiger partial charge in [0.05, 0.1) is 21.3 Å². The van der Waals surface area contributed by atoms with Crippen LogP contribution in [-0.2, 0) is 9.84 Å². The van der Waals surface area contributed by atoms with Gasteiger partial charge in [-0.3, -0.25) is 0 Å². The molecule has 4 nitrogen and oxygen atoms in total. The first-order valence-electron chi connectivity index (χ1n) is 5.93. The monoisotopic (exact) mass is 288 g/mol. The average Bonchev–Trinajstić information content (AvgIpc) is 2.31. The smallest absolute Gasteiger partial charge is 0.177 e. The molecule has 1 aromatic rings. The topological polar surface area (TPSA) is 63.4 Å². The number of nitrogens with two attached hydrogens (primary N) is 1. The third-order valence-electron chi connectivity index (χ3n) is 3.18. The standard InChI is InChI=1S/C12H17ClN2O2S/c1-18(16,17)12-8-10(14)11(7-9(12)13)15-5-3-2-4-6-15/h7-8H,2-6,14H2,1H3. The molecule has 0 spiro atoms. The number of piperidine rings is 1. The second-order valence-corrected chi connectivity index (χ2v) is 7.05. The molecule has 0 aliphatic carbocycles. The van der Waals surface area contributed by atoms with Gasteiger partial charge in [-0.2, -0.15) is 0 Å². The summed E-state index contributed by atoms with van der Waals surface area (Å²) in [6.45, 7) is 1.89. The van der Waals surface area contributed by atoms with E-state index in [0.29, 0.717) is 5.69 Å². The van der Waals surface area contributed by atoms with Gasteiger partial charge < -0.3 is 10.6 Å². The van der Waals surface area contributed by atoms with E-state index in [4.69, 9.17) is 17.3 Å². The van der Waals surface area contributed by atoms with E-state index in [2.05, 4.69) is 4.90 Å². The van der Waals surface area contributed by atoms with Crippen LogP contribution in [0.4, 0.5) is 11.4 Å². The summed E-state index contributed by atoms with van der Waals surface area (Å²) in [5.41, 5.74) is 7.27. The van der Waals surface area contributed by atoms with Gasteiger partial charge in [-0.15, -0.1) is 0 Å². The predicted octanol–water partition coefficient (Wildman–Crippen LogP) is 2.32. The van der Waals surface area contributed by atoms with Gasteiger partial charge in [0.1, 0.15) is 0 Å². The molecule has 0 amide bonds. The van der Waals surface area contributed by atoms with Gasteiger partial charge in [-0.05, 0) is 31.4 Å². The minimum atomic E-state index is -3.33. The van der Waals surface area contributed by atoms with Crippen LogP contribution in [0.25, 0.3) is 0 Å². The van der Waals surface area contributed by atoms with Crippen LogP contribution in [0.3, 0.4) is 0 Å². The molecule has 1 fully saturated rings. The minimum Gasteiger partial charge on any atom is -0.397 e. The fraction of sp³-hybridized carbons (Fsp3) is 0.500. The van der Waals surface area contributed by atoms with Gasteiger partial charge in [-0.1, -0.05) is 11.6 Å². The maximum atomic E-state index is 11.5. The number of hydrogen-bond acceptors (Lipinski definition) is 4. The molecule has 0 unspecified atom stereocenters. The molecular formula is C12H17ClN2O2S. The van der Waals surface area contributed by atoms with Crippen molar-refractivity contribution in [3.8, 4) is 0 Å². The van der Waals surface area contributed by atoms with Crippen LogP contribution in [0.2, 0.25) is 5.02 Å². The van der Waals surface area contributed by atoms with Crippen molar-refractivity contribution in [2.75, 3.05) is 30.0 Å². The van der Waals surface area contributed by atoms with Gasteiger partial charge in [0.2, 0.25) is 0 Å². The van der Waals surface area contributed by atoms with Gasteiger partial charge in [-0.25, -0.2) is 8.42 Å². The van der Waals surface area contributed by atoms with Crippen molar-refractivity contribution in [1.29, 1.82) is 0 Å². The highest BCUT2D eigenvalue weighted by molar-refractivity contribution is 7.90. The van der Waals surface area contributed by atoms with Gasteiger partial charge >= 0.3 is 0 Å². The van der Waals surface area contributed by atoms with E-state index < -0.39 is 9.84 Å². The normalized spacial score (nSPS) is 16.9. The highest BCUT2D eigenvalue weighted by Crippen LogP contribution is 2.34. The SMILES string of the molecule is CS(=O)(=O)c1cc(N)c(N2CCCCC2)cc1Cl. The Morgan fingerprint density at radius 1 is 1.22 bits per heavy atom. The molecule has 0 bridgehead atoms. The lowest BCUT2D eigenvalue weighted by Gasteiger charge is -2.30. The van der Waals surface area contributed by atoms with Crippen LogP contribution in [0.1, 0.15) is 19.3 Å². The zero-order chi connectivity index (χ0) is 13.3. The summed E-state index contributed by atoms with van der Waals surface area (Å²) >= 11 is 6.04. The van der Waals surface area contributed by atoms with Gasteiger partial charge in [0.15, 0.2) is 9.84 Å². The maximum absolute atomic E-state index is 11.5. The lowest BCUT2D eigenvalue weighted by atomic mass is 10.1. The third kappa shape index (κ3) is 2.72. The summed E-state index contributed by atoms with van der Waals surface area (Å²) in [5.74, 6) is 0. The Bertz CT molecular complexity index is 551. The molecule has 2 N–H and O–H groups in total. The molecule has 1 heterocycles. The number of anilines is 2. The highest BCUT2D eigenvalue weighted by Gasteiger charge is 2.19. The number of benzene rings is 1. The zero-order valence-electron chi connectivity index (χ0n) is 10.3. The Morgan fingerprint density at radius 3 is 2.39 bits per heavy atom. The van der Waals surface area contributed by atoms with Crippen molar-refractivity contribution in [2.24, 2.45) is 0 Å². The van der Waals surface area contributed by atoms with Crippen LogP contribution in [0.15, 0.2) is 17.0 Å². The van der Waals surface area contributed by atoms with E-state index in [9.17, 15) is 8.42 Å². The Hall–Kier alpha value is -0.940. The molecule has 6 heteroatoms. The van der Waals surface area contributed by atoms with Gasteiger partial charge in [0, 0.05) is 19.3 Å². The van der Waals surface area contributed by atoms with Crippen LogP contribution in [-0.4, -0.2) is 27.8 Å². The fourth-order valence-corrected chi connectivity index (χ4v) is 3.58. The molecule has 0 radical (unpaired) electrons. The number of rotatable bonds is 2. The number of sulfone groups is 1. The van der Waals surface area contributed by atoms with Crippen LogP contribution in [0.5, 0.6) is 0 Å². The van der Waals surface area contributed by atoms with E-state index >= 15 is 0 Å². The molecule has 1 saturated heterocycles. The number of halogens is 1. The molecule has 2 rings (SSSR count). The molecule has 100 valence electrons. The Labute approximate surface area is 113 Å². The number of nitrogen functional groups attached to an aromatic ring is 1. The first kappa shape index (κ1) is 13.5. The number of nitrogens with zero attached hydrogens (tertiary/aromatic N) is 1. The highest BCUT2D eigenvalue weighted by atomic mass is 35.5. The summed E-state index contributed by atoms with van der Waals surface area (Å²) in [6.07, 6.45) is 4.62. The maximum Gasteiger partial charge on any atom is 0.177 e. The Kier molecular flexibility index (Phi) is 3.73. The molecule has 0 atom stereocenters. The minimum absolute atomic E-state index is 0.0995.